The molecule has 3 aromatic heterocycles. The van der Waals surface area contributed by atoms with Crippen molar-refractivity contribution in [2.24, 2.45) is 0 Å². The molecule has 0 amide bonds. The van der Waals surface area contributed by atoms with Crippen LogP contribution in [0.5, 0.6) is 0 Å². The fraction of sp³-hybridized carbons (Fsp3) is 0.0968. The number of halogens is 3. The highest BCUT2D eigenvalue weighted by molar-refractivity contribution is 5.82. The van der Waals surface area contributed by atoms with Crippen molar-refractivity contribution in [3.05, 3.63) is 121 Å². The van der Waals surface area contributed by atoms with Crippen LogP contribution in [0.15, 0.2) is 103 Å². The van der Waals surface area contributed by atoms with Crippen LogP contribution in [-0.4, -0.2) is 29.5 Å². The van der Waals surface area contributed by atoms with Gasteiger partial charge in [0.2, 0.25) is 0 Å². The maximum absolute atomic E-state index is 13.4. The van der Waals surface area contributed by atoms with Crippen LogP contribution in [0.3, 0.4) is 0 Å². The zero-order chi connectivity index (χ0) is 28.6. The highest BCUT2D eigenvalue weighted by atomic mass is 19.4. The first-order valence-corrected chi connectivity index (χ1v) is 12.8. The second-order valence-corrected chi connectivity index (χ2v) is 9.47. The minimum absolute atomic E-state index is 0.313. The summed E-state index contributed by atoms with van der Waals surface area (Å²) < 4.78 is 43.5. The van der Waals surface area contributed by atoms with E-state index in [0.717, 1.165) is 46.0 Å². The van der Waals surface area contributed by atoms with E-state index in [1.54, 1.807) is 23.1 Å². The number of nitrogens with zero attached hydrogens (tertiary/aromatic N) is 6. The average molecular weight is 552 g/mol. The number of alkyl halides is 3. The predicted molar refractivity (Wildman–Crippen MR) is 151 cm³/mol. The summed E-state index contributed by atoms with van der Waals surface area (Å²) in [4.78, 5) is 8.82. The van der Waals surface area contributed by atoms with Crippen molar-refractivity contribution in [2.75, 3.05) is 5.32 Å². The third kappa shape index (κ3) is 5.44. The molecule has 6 aromatic rings. The number of benzene rings is 3. The molecule has 3 heterocycles. The van der Waals surface area contributed by atoms with E-state index < -0.39 is 11.7 Å². The number of aromatic nitrogens is 6. The third-order valence-corrected chi connectivity index (χ3v) is 6.53. The lowest BCUT2D eigenvalue weighted by Gasteiger charge is -2.09. The fourth-order valence-electron chi connectivity index (χ4n) is 4.62. The zero-order valence-corrected chi connectivity index (χ0v) is 22.1. The molecule has 0 saturated carbocycles. The Kier molecular flexibility index (Phi) is 6.58. The molecular weight excluding hydrogens is 527 g/mol. The van der Waals surface area contributed by atoms with Crippen molar-refractivity contribution in [3.63, 3.8) is 0 Å². The van der Waals surface area contributed by atoms with E-state index in [2.05, 4.69) is 20.4 Å². The molecule has 0 saturated heterocycles. The lowest BCUT2D eigenvalue weighted by molar-refractivity contribution is -0.137. The number of aryl methyl sites for hydroxylation is 2. The molecule has 0 fully saturated rings. The number of anilines is 2. The molecular formula is C31H24F3N7. The van der Waals surface area contributed by atoms with Crippen molar-refractivity contribution >= 4 is 11.5 Å². The van der Waals surface area contributed by atoms with Crippen molar-refractivity contribution in [2.45, 2.75) is 20.0 Å². The molecule has 0 bridgehead atoms. The Balaban J connectivity index is 1.34. The number of pyridine rings is 1. The number of hydrogen-bond acceptors (Lipinski definition) is 5. The SMILES string of the molecule is Cc1nc(C)n(-c2ccc(Nc3cc(-c4nn(-c5cccc(C(F)(F)F)c5)cc4-c4ccccc4)ccn3)cc2)n1. The Morgan fingerprint density at radius 3 is 2.24 bits per heavy atom. The fourth-order valence-corrected chi connectivity index (χ4v) is 4.62. The normalized spacial score (nSPS) is 11.5. The summed E-state index contributed by atoms with van der Waals surface area (Å²) in [6, 6.07) is 26.2. The van der Waals surface area contributed by atoms with Crippen molar-refractivity contribution < 1.29 is 13.2 Å². The van der Waals surface area contributed by atoms with Gasteiger partial charge in [-0.3, -0.25) is 0 Å². The van der Waals surface area contributed by atoms with Gasteiger partial charge in [-0.1, -0.05) is 36.4 Å². The Bertz CT molecular complexity index is 1820. The summed E-state index contributed by atoms with van der Waals surface area (Å²) in [6.45, 7) is 3.75. The monoisotopic (exact) mass is 551 g/mol. The summed E-state index contributed by atoms with van der Waals surface area (Å²) in [5.74, 6) is 2.10. The van der Waals surface area contributed by atoms with E-state index >= 15 is 0 Å². The number of hydrogen-bond donors (Lipinski definition) is 1. The summed E-state index contributed by atoms with van der Waals surface area (Å²) in [5.41, 5.74) is 4.35. The van der Waals surface area contributed by atoms with Crippen LogP contribution >= 0.6 is 0 Å². The first kappa shape index (κ1) is 26.0. The maximum Gasteiger partial charge on any atom is 0.416 e. The largest absolute Gasteiger partial charge is 0.416 e. The lowest BCUT2D eigenvalue weighted by Crippen LogP contribution is -2.06. The van der Waals surface area contributed by atoms with Gasteiger partial charge in [0.05, 0.1) is 16.9 Å². The van der Waals surface area contributed by atoms with Gasteiger partial charge in [0.15, 0.2) is 0 Å². The molecule has 0 unspecified atom stereocenters. The van der Waals surface area contributed by atoms with Gasteiger partial charge in [-0.05, 0) is 74.0 Å². The third-order valence-electron chi connectivity index (χ3n) is 6.53. The van der Waals surface area contributed by atoms with Gasteiger partial charge in [-0.25, -0.2) is 19.3 Å². The second-order valence-electron chi connectivity index (χ2n) is 9.47. The van der Waals surface area contributed by atoms with E-state index in [1.165, 1.54) is 10.7 Å². The smallest absolute Gasteiger partial charge is 0.340 e. The van der Waals surface area contributed by atoms with Gasteiger partial charge in [-0.15, -0.1) is 0 Å². The molecule has 0 atom stereocenters. The molecule has 0 radical (unpaired) electrons. The van der Waals surface area contributed by atoms with Crippen LogP contribution < -0.4 is 5.32 Å². The highest BCUT2D eigenvalue weighted by Gasteiger charge is 2.30. The molecule has 0 aliphatic heterocycles. The van der Waals surface area contributed by atoms with E-state index in [-0.39, 0.29) is 0 Å². The maximum atomic E-state index is 13.4. The first-order valence-electron chi connectivity index (χ1n) is 12.8. The Morgan fingerprint density at radius 2 is 1.54 bits per heavy atom. The number of rotatable bonds is 6. The molecule has 1 N–H and O–H groups in total. The Hall–Kier alpha value is -5.25. The minimum atomic E-state index is -4.45. The standard InChI is InChI=1S/C31H24F3N7/c1-20-36-21(2)41(38-20)26-13-11-25(12-14-26)37-29-17-23(15-16-35-29)30-28(22-7-4-3-5-8-22)19-40(39-30)27-10-6-9-24(18-27)31(32,33)34/h3-19H,1-2H3,(H,35,37). The molecule has 41 heavy (non-hydrogen) atoms. The van der Waals surface area contributed by atoms with Gasteiger partial charge >= 0.3 is 6.18 Å². The summed E-state index contributed by atoms with van der Waals surface area (Å²) in [6.07, 6.45) is -1.03. The molecule has 0 spiro atoms. The van der Waals surface area contributed by atoms with E-state index in [4.69, 9.17) is 5.10 Å². The van der Waals surface area contributed by atoms with E-state index in [0.29, 0.717) is 23.0 Å². The lowest BCUT2D eigenvalue weighted by atomic mass is 10.0. The Morgan fingerprint density at radius 1 is 0.756 bits per heavy atom. The highest BCUT2D eigenvalue weighted by Crippen LogP contribution is 2.35. The predicted octanol–water partition coefficient (Wildman–Crippen LogP) is 7.56. The van der Waals surface area contributed by atoms with Crippen molar-refractivity contribution in [3.8, 4) is 33.8 Å². The zero-order valence-electron chi connectivity index (χ0n) is 22.1. The van der Waals surface area contributed by atoms with E-state index in [1.807, 2.05) is 80.6 Å². The van der Waals surface area contributed by atoms with Crippen LogP contribution in [0, 0.1) is 13.8 Å². The van der Waals surface area contributed by atoms with Crippen LogP contribution in [0.4, 0.5) is 24.7 Å². The molecule has 204 valence electrons. The van der Waals surface area contributed by atoms with Crippen molar-refractivity contribution in [1.82, 2.24) is 29.5 Å². The second kappa shape index (κ2) is 10.4. The topological polar surface area (TPSA) is 73.5 Å². The minimum Gasteiger partial charge on any atom is -0.340 e. The van der Waals surface area contributed by atoms with Gasteiger partial charge < -0.3 is 5.32 Å². The van der Waals surface area contributed by atoms with Gasteiger partial charge in [0.1, 0.15) is 23.2 Å². The van der Waals surface area contributed by atoms with Crippen LogP contribution in [0.1, 0.15) is 17.2 Å². The van der Waals surface area contributed by atoms with E-state index in [9.17, 15) is 13.2 Å². The molecule has 6 rings (SSSR count). The first-order chi connectivity index (χ1) is 19.7. The summed E-state index contributed by atoms with van der Waals surface area (Å²) in [7, 11) is 0. The van der Waals surface area contributed by atoms with Crippen molar-refractivity contribution in [1.29, 1.82) is 0 Å². The number of nitrogens with one attached hydrogen (secondary N) is 1. The Labute approximate surface area is 234 Å². The average Bonchev–Trinajstić information content (AvgIpc) is 3.57. The molecule has 0 aliphatic rings. The van der Waals surface area contributed by atoms with Crippen LogP contribution in [0.25, 0.3) is 33.8 Å². The summed E-state index contributed by atoms with van der Waals surface area (Å²) in [5, 5.41) is 12.5. The quantitative estimate of drug-likeness (QED) is 0.231. The van der Waals surface area contributed by atoms with Gasteiger partial charge in [0.25, 0.3) is 0 Å². The summed E-state index contributed by atoms with van der Waals surface area (Å²) >= 11 is 0. The molecule has 7 nitrogen and oxygen atoms in total. The van der Waals surface area contributed by atoms with Gasteiger partial charge in [0, 0.05) is 29.2 Å². The van der Waals surface area contributed by atoms with Crippen LogP contribution in [-0.2, 0) is 6.18 Å². The molecule has 10 heteroatoms. The van der Waals surface area contributed by atoms with Crippen LogP contribution in [0.2, 0.25) is 0 Å². The van der Waals surface area contributed by atoms with Gasteiger partial charge in [-0.2, -0.15) is 23.4 Å². The molecule has 3 aromatic carbocycles. The molecule has 0 aliphatic carbocycles.